The van der Waals surface area contributed by atoms with E-state index >= 15 is 0 Å². The van der Waals surface area contributed by atoms with Gasteiger partial charge in [0.25, 0.3) is 5.91 Å². The number of unbranched alkanes of at least 4 members (excludes halogenated alkanes) is 1. The van der Waals surface area contributed by atoms with Crippen LogP contribution in [0.3, 0.4) is 0 Å². The van der Waals surface area contributed by atoms with Crippen molar-refractivity contribution in [3.8, 4) is 5.75 Å². The predicted molar refractivity (Wildman–Crippen MR) is 71.6 cm³/mol. The molecule has 19 heavy (non-hydrogen) atoms. The van der Waals surface area contributed by atoms with Crippen LogP contribution in [0.2, 0.25) is 0 Å². The first kappa shape index (κ1) is 15.5. The Bertz CT molecular complexity index is 555. The fourth-order valence-electron chi connectivity index (χ4n) is 1.46. The van der Waals surface area contributed by atoms with E-state index in [2.05, 4.69) is 5.32 Å². The Balaban J connectivity index is 3.14. The van der Waals surface area contributed by atoms with E-state index in [9.17, 15) is 13.2 Å². The Morgan fingerprint density at radius 3 is 2.63 bits per heavy atom. The van der Waals surface area contributed by atoms with Gasteiger partial charge in [-0.1, -0.05) is 13.3 Å². The fraction of sp³-hybridized carbons (Fsp3) is 0.417. The van der Waals surface area contributed by atoms with E-state index < -0.39 is 10.0 Å². The van der Waals surface area contributed by atoms with Crippen LogP contribution in [-0.2, 0) is 10.0 Å². The summed E-state index contributed by atoms with van der Waals surface area (Å²) in [6.07, 6.45) is 1.74. The van der Waals surface area contributed by atoms with Crippen molar-refractivity contribution < 1.29 is 17.9 Å². The van der Waals surface area contributed by atoms with Crippen molar-refractivity contribution in [3.05, 3.63) is 23.8 Å². The molecule has 0 heterocycles. The third kappa shape index (κ3) is 4.22. The second kappa shape index (κ2) is 6.53. The number of amides is 1. The number of rotatable bonds is 6. The van der Waals surface area contributed by atoms with Crippen molar-refractivity contribution in [1.82, 2.24) is 5.32 Å². The number of ether oxygens (including phenoxy) is 1. The van der Waals surface area contributed by atoms with Crippen molar-refractivity contribution in [2.24, 2.45) is 5.14 Å². The van der Waals surface area contributed by atoms with E-state index in [1.807, 2.05) is 6.92 Å². The molecule has 7 heteroatoms. The average Bonchev–Trinajstić information content (AvgIpc) is 2.37. The van der Waals surface area contributed by atoms with Gasteiger partial charge in [-0.05, 0) is 24.6 Å². The van der Waals surface area contributed by atoms with Gasteiger partial charge in [-0.2, -0.15) is 0 Å². The Morgan fingerprint density at radius 1 is 1.42 bits per heavy atom. The number of hydrogen-bond donors (Lipinski definition) is 2. The Morgan fingerprint density at radius 2 is 2.11 bits per heavy atom. The summed E-state index contributed by atoms with van der Waals surface area (Å²) in [4.78, 5) is 11.3. The van der Waals surface area contributed by atoms with Gasteiger partial charge in [0.15, 0.2) is 0 Å². The minimum Gasteiger partial charge on any atom is -0.492 e. The van der Waals surface area contributed by atoms with Gasteiger partial charge in [0.1, 0.15) is 10.6 Å². The van der Waals surface area contributed by atoms with Crippen LogP contribution >= 0.6 is 0 Å². The van der Waals surface area contributed by atoms with Gasteiger partial charge in [-0.3, -0.25) is 4.79 Å². The Kier molecular flexibility index (Phi) is 5.31. The third-order valence-electron chi connectivity index (χ3n) is 2.49. The summed E-state index contributed by atoms with van der Waals surface area (Å²) in [7, 11) is -2.48. The maximum Gasteiger partial charge on any atom is 0.251 e. The van der Waals surface area contributed by atoms with Crippen LogP contribution in [0.4, 0.5) is 0 Å². The van der Waals surface area contributed by atoms with Gasteiger partial charge in [0, 0.05) is 12.6 Å². The van der Waals surface area contributed by atoms with Gasteiger partial charge in [0.05, 0.1) is 6.61 Å². The monoisotopic (exact) mass is 286 g/mol. The fourth-order valence-corrected chi connectivity index (χ4v) is 2.16. The number of hydrogen-bond acceptors (Lipinski definition) is 4. The van der Waals surface area contributed by atoms with Crippen LogP contribution < -0.4 is 15.2 Å². The summed E-state index contributed by atoms with van der Waals surface area (Å²) in [5.41, 5.74) is 0.217. The summed E-state index contributed by atoms with van der Waals surface area (Å²) in [5.74, 6) is -0.214. The predicted octanol–water partition coefficient (Wildman–Crippen LogP) is 0.873. The third-order valence-corrected chi connectivity index (χ3v) is 3.43. The van der Waals surface area contributed by atoms with Crippen LogP contribution in [0.1, 0.15) is 30.1 Å². The molecule has 0 unspecified atom stereocenters. The van der Waals surface area contributed by atoms with Crippen molar-refractivity contribution in [3.63, 3.8) is 0 Å². The number of primary sulfonamides is 1. The molecular formula is C12H18N2O4S. The van der Waals surface area contributed by atoms with Crippen LogP contribution in [0.15, 0.2) is 23.1 Å². The van der Waals surface area contributed by atoms with E-state index in [0.29, 0.717) is 6.61 Å². The maximum atomic E-state index is 11.5. The van der Waals surface area contributed by atoms with Crippen LogP contribution in [0, 0.1) is 0 Å². The molecule has 0 aliphatic carbocycles. The molecule has 0 saturated carbocycles. The van der Waals surface area contributed by atoms with E-state index in [4.69, 9.17) is 9.88 Å². The van der Waals surface area contributed by atoms with Crippen molar-refractivity contribution in [1.29, 1.82) is 0 Å². The van der Waals surface area contributed by atoms with Gasteiger partial charge in [0.2, 0.25) is 10.0 Å². The minimum atomic E-state index is -3.94. The van der Waals surface area contributed by atoms with E-state index in [0.717, 1.165) is 12.8 Å². The van der Waals surface area contributed by atoms with Gasteiger partial charge >= 0.3 is 0 Å². The Labute approximate surface area is 113 Å². The quantitative estimate of drug-likeness (QED) is 0.758. The molecule has 0 bridgehead atoms. The van der Waals surface area contributed by atoms with Crippen molar-refractivity contribution in [2.45, 2.75) is 24.7 Å². The summed E-state index contributed by atoms with van der Waals surface area (Å²) < 4.78 is 28.4. The van der Waals surface area contributed by atoms with Gasteiger partial charge in [-0.15, -0.1) is 0 Å². The van der Waals surface area contributed by atoms with E-state index in [-0.39, 0.29) is 22.1 Å². The molecule has 0 fully saturated rings. The summed E-state index contributed by atoms with van der Waals surface area (Å²) in [5, 5.41) is 7.55. The highest BCUT2D eigenvalue weighted by molar-refractivity contribution is 7.89. The van der Waals surface area contributed by atoms with E-state index in [1.54, 1.807) is 0 Å². The first-order chi connectivity index (χ1) is 8.90. The topological polar surface area (TPSA) is 98.5 Å². The normalized spacial score (nSPS) is 11.1. The molecule has 6 nitrogen and oxygen atoms in total. The molecule has 0 saturated heterocycles. The molecule has 0 atom stereocenters. The highest BCUT2D eigenvalue weighted by Crippen LogP contribution is 2.24. The highest BCUT2D eigenvalue weighted by Gasteiger charge is 2.18. The van der Waals surface area contributed by atoms with Crippen LogP contribution in [0.5, 0.6) is 5.75 Å². The molecule has 0 aromatic heterocycles. The highest BCUT2D eigenvalue weighted by atomic mass is 32.2. The molecule has 1 aromatic rings. The van der Waals surface area contributed by atoms with Crippen molar-refractivity contribution >= 4 is 15.9 Å². The average molecular weight is 286 g/mol. The first-order valence-corrected chi connectivity index (χ1v) is 7.46. The second-order valence-electron chi connectivity index (χ2n) is 3.99. The van der Waals surface area contributed by atoms with Crippen LogP contribution in [0.25, 0.3) is 0 Å². The molecule has 106 valence electrons. The SMILES string of the molecule is CCCCOc1ccc(C(=O)NC)cc1S(N)(=O)=O. The number of nitrogens with one attached hydrogen (secondary N) is 1. The second-order valence-corrected chi connectivity index (χ2v) is 5.52. The number of benzene rings is 1. The van der Waals surface area contributed by atoms with Gasteiger partial charge < -0.3 is 10.1 Å². The molecule has 0 aliphatic heterocycles. The van der Waals surface area contributed by atoms with E-state index in [1.165, 1.54) is 25.2 Å². The molecule has 1 amide bonds. The molecule has 1 aromatic carbocycles. The summed E-state index contributed by atoms with van der Waals surface area (Å²) in [6, 6.07) is 4.16. The number of sulfonamides is 1. The standard InChI is InChI=1S/C12H18N2O4S/c1-3-4-7-18-10-6-5-9(12(15)14-2)8-11(10)19(13,16)17/h5-6,8H,3-4,7H2,1-2H3,(H,14,15)(H2,13,16,17). The molecule has 0 spiro atoms. The minimum absolute atomic E-state index is 0.170. The zero-order valence-electron chi connectivity index (χ0n) is 11.0. The largest absolute Gasteiger partial charge is 0.492 e. The molecule has 0 aliphatic rings. The molecule has 0 radical (unpaired) electrons. The lowest BCUT2D eigenvalue weighted by Crippen LogP contribution is -2.20. The first-order valence-electron chi connectivity index (χ1n) is 5.92. The summed E-state index contributed by atoms with van der Waals surface area (Å²) >= 11 is 0. The molecular weight excluding hydrogens is 268 g/mol. The number of nitrogens with two attached hydrogens (primary N) is 1. The lowest BCUT2D eigenvalue weighted by Gasteiger charge is -2.11. The Hall–Kier alpha value is -1.60. The van der Waals surface area contributed by atoms with Crippen LogP contribution in [-0.4, -0.2) is 28.0 Å². The number of carbonyl (C=O) groups is 1. The zero-order chi connectivity index (χ0) is 14.5. The lowest BCUT2D eigenvalue weighted by atomic mass is 10.2. The smallest absolute Gasteiger partial charge is 0.251 e. The molecule has 1 rings (SSSR count). The summed E-state index contributed by atoms with van der Waals surface area (Å²) in [6.45, 7) is 2.40. The molecule has 3 N–H and O–H groups in total. The van der Waals surface area contributed by atoms with Crippen molar-refractivity contribution in [2.75, 3.05) is 13.7 Å². The maximum absolute atomic E-state index is 11.5. The number of carbonyl (C=O) groups excluding carboxylic acids is 1. The van der Waals surface area contributed by atoms with Gasteiger partial charge in [-0.25, -0.2) is 13.6 Å². The lowest BCUT2D eigenvalue weighted by molar-refractivity contribution is 0.0963. The zero-order valence-corrected chi connectivity index (χ0v) is 11.8.